The van der Waals surface area contributed by atoms with Gasteiger partial charge in [-0.1, -0.05) is 63.2 Å². The number of aliphatic hydroxyl groups is 1. The van der Waals surface area contributed by atoms with Crippen LogP contribution in [0, 0.1) is 0 Å². The van der Waals surface area contributed by atoms with Crippen molar-refractivity contribution in [3.05, 3.63) is 65.7 Å². The Balaban J connectivity index is 2.58. The van der Waals surface area contributed by atoms with Crippen LogP contribution in [-0.4, -0.2) is 34.4 Å². The zero-order valence-electron chi connectivity index (χ0n) is 18.4. The molecule has 0 saturated heterocycles. The van der Waals surface area contributed by atoms with E-state index in [0.29, 0.717) is 5.57 Å². The molecule has 2 aromatic rings. The zero-order valence-corrected chi connectivity index (χ0v) is 20.2. The minimum atomic E-state index is -3.29. The Hall–Kier alpha value is -1.73. The molecule has 0 radical (unpaired) electrons. The molecular weight excluding hydrogens is 400 g/mol. The lowest BCUT2D eigenvalue weighted by Crippen LogP contribution is -2.44. The van der Waals surface area contributed by atoms with E-state index in [2.05, 4.69) is 33.9 Å². The Kier molecular flexibility index (Phi) is 6.95. The van der Waals surface area contributed by atoms with Crippen molar-refractivity contribution in [3.63, 3.8) is 0 Å². The quantitative estimate of drug-likeness (QED) is 0.379. The molecule has 1 atom stereocenters. The van der Waals surface area contributed by atoms with E-state index in [1.54, 1.807) is 24.3 Å². The fraction of sp³-hybridized carbons (Fsp3) is 0.391. The second kappa shape index (κ2) is 8.56. The van der Waals surface area contributed by atoms with Gasteiger partial charge in [0, 0.05) is 11.8 Å². The molecule has 4 nitrogen and oxygen atoms in total. The van der Waals surface area contributed by atoms with Crippen LogP contribution >= 0.6 is 0 Å². The van der Waals surface area contributed by atoms with Gasteiger partial charge in [-0.2, -0.15) is 0 Å². The van der Waals surface area contributed by atoms with Crippen LogP contribution in [-0.2, 0) is 14.3 Å². The summed E-state index contributed by atoms with van der Waals surface area (Å²) >= 11 is 0. The first kappa shape index (κ1) is 23.5. The molecular formula is C23H32O4SSi. The average Bonchev–Trinajstić information content (AvgIpc) is 2.61. The Morgan fingerprint density at radius 1 is 0.966 bits per heavy atom. The Morgan fingerprint density at radius 3 is 1.93 bits per heavy atom. The van der Waals surface area contributed by atoms with Gasteiger partial charge in [0.25, 0.3) is 0 Å². The smallest absolute Gasteiger partial charge is 0.195 e. The molecule has 2 aromatic carbocycles. The van der Waals surface area contributed by atoms with Gasteiger partial charge in [0.15, 0.2) is 24.4 Å². The van der Waals surface area contributed by atoms with Crippen molar-refractivity contribution in [1.29, 1.82) is 0 Å². The molecule has 0 bridgehead atoms. The van der Waals surface area contributed by atoms with Crippen LogP contribution in [0.3, 0.4) is 0 Å². The molecule has 1 N–H and O–H groups in total. The topological polar surface area (TPSA) is 63.6 Å². The first-order valence-electron chi connectivity index (χ1n) is 9.66. The van der Waals surface area contributed by atoms with Gasteiger partial charge in [0.1, 0.15) is 0 Å². The van der Waals surface area contributed by atoms with Gasteiger partial charge >= 0.3 is 0 Å². The van der Waals surface area contributed by atoms with Crippen LogP contribution in [0.1, 0.15) is 38.8 Å². The molecule has 2 rings (SSSR count). The molecule has 29 heavy (non-hydrogen) atoms. The van der Waals surface area contributed by atoms with Crippen LogP contribution in [0.25, 0.3) is 11.1 Å². The first-order valence-corrected chi connectivity index (χ1v) is 14.5. The van der Waals surface area contributed by atoms with Crippen LogP contribution in [0.15, 0.2) is 59.5 Å². The number of sulfone groups is 1. The van der Waals surface area contributed by atoms with E-state index >= 15 is 0 Å². The molecule has 0 fully saturated rings. The van der Waals surface area contributed by atoms with Gasteiger partial charge in [-0.3, -0.25) is 0 Å². The third-order valence-corrected chi connectivity index (χ3v) is 11.2. The van der Waals surface area contributed by atoms with Crippen molar-refractivity contribution >= 4 is 29.3 Å². The van der Waals surface area contributed by atoms with Gasteiger partial charge in [-0.15, -0.1) is 0 Å². The van der Waals surface area contributed by atoms with E-state index in [1.165, 1.54) is 6.26 Å². The summed E-state index contributed by atoms with van der Waals surface area (Å²) in [6, 6.07) is 16.4. The Bertz CT molecular complexity index is 970. The lowest BCUT2D eigenvalue weighted by Gasteiger charge is -2.38. The first-order chi connectivity index (χ1) is 13.2. The van der Waals surface area contributed by atoms with Crippen molar-refractivity contribution in [3.8, 4) is 0 Å². The van der Waals surface area contributed by atoms with Crippen LogP contribution in [0.4, 0.5) is 0 Å². The number of allylic oxidation sites excluding steroid dienone is 1. The summed E-state index contributed by atoms with van der Waals surface area (Å²) in [4.78, 5) is 0.248. The number of rotatable bonds is 6. The van der Waals surface area contributed by atoms with Crippen molar-refractivity contribution in [2.45, 2.75) is 57.0 Å². The summed E-state index contributed by atoms with van der Waals surface area (Å²) < 4.78 is 29.9. The monoisotopic (exact) mass is 432 g/mol. The summed E-state index contributed by atoms with van der Waals surface area (Å²) in [5.41, 5.74) is 3.27. The summed E-state index contributed by atoms with van der Waals surface area (Å²) in [6.07, 6.45) is 0.0730. The maximum atomic E-state index is 11.8. The fourth-order valence-corrected chi connectivity index (χ4v) is 4.44. The molecule has 0 amide bonds. The van der Waals surface area contributed by atoms with E-state index in [-0.39, 0.29) is 9.93 Å². The molecule has 1 unspecified atom stereocenters. The molecule has 0 heterocycles. The number of hydrogen-bond donors (Lipinski definition) is 1. The largest absolute Gasteiger partial charge is 0.389 e. The van der Waals surface area contributed by atoms with Crippen LogP contribution < -0.4 is 0 Å². The van der Waals surface area contributed by atoms with Crippen molar-refractivity contribution in [2.75, 3.05) is 6.26 Å². The van der Waals surface area contributed by atoms with E-state index in [1.807, 2.05) is 37.3 Å². The highest BCUT2D eigenvalue weighted by Gasteiger charge is 2.40. The maximum Gasteiger partial charge on any atom is 0.195 e. The van der Waals surface area contributed by atoms with Gasteiger partial charge in [0.05, 0.1) is 4.90 Å². The summed E-state index contributed by atoms with van der Waals surface area (Å²) in [5, 5.41) is 11.1. The van der Waals surface area contributed by atoms with Crippen molar-refractivity contribution in [2.24, 2.45) is 0 Å². The summed E-state index contributed by atoms with van der Waals surface area (Å²) in [5.74, 6) is 0. The van der Waals surface area contributed by atoms with Crippen molar-refractivity contribution < 1.29 is 18.0 Å². The predicted octanol–water partition coefficient (Wildman–Crippen LogP) is 5.36. The van der Waals surface area contributed by atoms with E-state index < -0.39 is 24.4 Å². The van der Waals surface area contributed by atoms with E-state index in [4.69, 9.17) is 4.43 Å². The molecule has 158 valence electrons. The SMILES string of the molecule is CC(=C(c1ccc(S(C)(=O)=O)cc1)C(O)O[Si](C)(C)C(C)(C)C)c1ccccc1. The van der Waals surface area contributed by atoms with E-state index in [9.17, 15) is 13.5 Å². The van der Waals surface area contributed by atoms with Crippen molar-refractivity contribution in [1.82, 2.24) is 0 Å². The summed E-state index contributed by atoms with van der Waals surface area (Å²) in [6.45, 7) is 12.5. The molecule has 0 aliphatic heterocycles. The summed E-state index contributed by atoms with van der Waals surface area (Å²) in [7, 11) is -5.52. The average molecular weight is 433 g/mol. The lowest BCUT2D eigenvalue weighted by molar-refractivity contribution is 0.0220. The zero-order chi connectivity index (χ0) is 22.0. The lowest BCUT2D eigenvalue weighted by atomic mass is 9.95. The standard InChI is InChI=1S/C23H32O4SSi/c1-17(18-11-9-8-10-12-18)21(22(24)27-29(6,7)23(2,3)4)19-13-15-20(16-14-19)28(5,25)26/h8-16,22,24H,1-7H3. The van der Waals surface area contributed by atoms with Crippen LogP contribution in [0.5, 0.6) is 0 Å². The fourth-order valence-electron chi connectivity index (χ4n) is 2.78. The van der Waals surface area contributed by atoms with E-state index in [0.717, 1.165) is 16.7 Å². The number of aliphatic hydroxyl groups excluding tert-OH is 1. The van der Waals surface area contributed by atoms with Gasteiger partial charge in [-0.25, -0.2) is 8.42 Å². The van der Waals surface area contributed by atoms with Gasteiger partial charge in [-0.05, 0) is 53.9 Å². The highest BCUT2D eigenvalue weighted by atomic mass is 32.2. The number of benzene rings is 2. The van der Waals surface area contributed by atoms with Gasteiger partial charge in [0.2, 0.25) is 0 Å². The minimum absolute atomic E-state index is 0.0557. The molecule has 0 spiro atoms. The predicted molar refractivity (Wildman–Crippen MR) is 123 cm³/mol. The molecule has 0 aliphatic carbocycles. The third-order valence-electron chi connectivity index (χ3n) is 5.66. The molecule has 6 heteroatoms. The molecule has 0 saturated carbocycles. The minimum Gasteiger partial charge on any atom is -0.389 e. The van der Waals surface area contributed by atoms with Gasteiger partial charge < -0.3 is 9.53 Å². The second-order valence-corrected chi connectivity index (χ2v) is 15.7. The molecule has 0 aromatic heterocycles. The second-order valence-electron chi connectivity index (χ2n) is 8.93. The molecule has 0 aliphatic rings. The normalized spacial score (nSPS) is 15.0. The highest BCUT2D eigenvalue weighted by molar-refractivity contribution is 7.90. The maximum absolute atomic E-state index is 11.8. The Labute approximate surface area is 176 Å². The Morgan fingerprint density at radius 2 is 1.48 bits per heavy atom. The van der Waals surface area contributed by atoms with Crippen LogP contribution in [0.2, 0.25) is 18.1 Å². The number of hydrogen-bond acceptors (Lipinski definition) is 4. The highest BCUT2D eigenvalue weighted by Crippen LogP contribution is 2.39. The third kappa shape index (κ3) is 5.66.